The van der Waals surface area contributed by atoms with E-state index in [0.29, 0.717) is 11.7 Å². The zero-order chi connectivity index (χ0) is 19.9. The van der Waals surface area contributed by atoms with Gasteiger partial charge in [-0.1, -0.05) is 6.07 Å². The van der Waals surface area contributed by atoms with Gasteiger partial charge >= 0.3 is 6.18 Å². The quantitative estimate of drug-likeness (QED) is 0.449. The molecule has 0 radical (unpaired) electrons. The van der Waals surface area contributed by atoms with Crippen molar-refractivity contribution in [2.45, 2.75) is 32.5 Å². The Labute approximate surface area is 159 Å². The molecule has 0 spiro atoms. The Hall–Kier alpha value is -1.96. The number of benzene rings is 1. The summed E-state index contributed by atoms with van der Waals surface area (Å²) in [5.74, 6) is 0.805. The average molecular weight is 385 g/mol. The van der Waals surface area contributed by atoms with Gasteiger partial charge in [-0.25, -0.2) is 0 Å². The molecular weight excluding hydrogens is 355 g/mol. The summed E-state index contributed by atoms with van der Waals surface area (Å²) in [6, 6.07) is 5.93. The fraction of sp³-hybridized carbons (Fsp3) is 0.632. The number of hydrogen-bond acceptors (Lipinski definition) is 3. The number of rotatable bonds is 6. The van der Waals surface area contributed by atoms with E-state index in [4.69, 9.17) is 0 Å². The summed E-state index contributed by atoms with van der Waals surface area (Å²) in [6.07, 6.45) is -3.31. The van der Waals surface area contributed by atoms with Crippen molar-refractivity contribution in [3.8, 4) is 0 Å². The molecule has 1 fully saturated rings. The number of nitrogens with zero attached hydrogens (tertiary/aromatic N) is 3. The van der Waals surface area contributed by atoms with Crippen molar-refractivity contribution in [2.24, 2.45) is 4.99 Å². The van der Waals surface area contributed by atoms with E-state index in [9.17, 15) is 13.2 Å². The van der Waals surface area contributed by atoms with Crippen LogP contribution in [-0.2, 0) is 6.18 Å². The highest BCUT2D eigenvalue weighted by atomic mass is 19.4. The second kappa shape index (κ2) is 9.82. The smallest absolute Gasteiger partial charge is 0.369 e. The number of anilines is 1. The van der Waals surface area contributed by atoms with Gasteiger partial charge in [0.1, 0.15) is 0 Å². The van der Waals surface area contributed by atoms with Gasteiger partial charge in [-0.05, 0) is 45.0 Å². The number of alkyl halides is 3. The van der Waals surface area contributed by atoms with Crippen molar-refractivity contribution < 1.29 is 13.2 Å². The number of hydrogen-bond donors (Lipinski definition) is 2. The molecule has 0 aliphatic carbocycles. The van der Waals surface area contributed by atoms with E-state index in [-0.39, 0.29) is 0 Å². The van der Waals surface area contributed by atoms with E-state index in [2.05, 4.69) is 34.4 Å². The first-order chi connectivity index (χ1) is 12.8. The first-order valence-corrected chi connectivity index (χ1v) is 9.41. The number of guanidine groups is 1. The molecule has 8 heteroatoms. The molecule has 1 aromatic rings. The van der Waals surface area contributed by atoms with Crippen molar-refractivity contribution in [3.05, 3.63) is 29.8 Å². The molecule has 27 heavy (non-hydrogen) atoms. The highest BCUT2D eigenvalue weighted by molar-refractivity contribution is 5.79. The van der Waals surface area contributed by atoms with Crippen LogP contribution in [0.1, 0.15) is 25.8 Å². The molecule has 0 saturated carbocycles. The summed E-state index contributed by atoms with van der Waals surface area (Å²) in [5, 5.41) is 6.54. The predicted octanol–water partition coefficient (Wildman–Crippen LogP) is 2.79. The zero-order valence-corrected chi connectivity index (χ0v) is 16.3. The number of nitrogens with one attached hydrogen (secondary N) is 2. The highest BCUT2D eigenvalue weighted by Gasteiger charge is 2.31. The maximum Gasteiger partial charge on any atom is 0.416 e. The van der Waals surface area contributed by atoms with Crippen molar-refractivity contribution in [1.82, 2.24) is 15.5 Å². The Kier molecular flexibility index (Phi) is 7.77. The molecule has 0 atom stereocenters. The highest BCUT2D eigenvalue weighted by Crippen LogP contribution is 2.31. The maximum absolute atomic E-state index is 12.9. The summed E-state index contributed by atoms with van der Waals surface area (Å²) >= 11 is 0. The van der Waals surface area contributed by atoms with E-state index >= 15 is 0 Å². The monoisotopic (exact) mass is 385 g/mol. The van der Waals surface area contributed by atoms with Gasteiger partial charge in [0.2, 0.25) is 0 Å². The van der Waals surface area contributed by atoms with Gasteiger partial charge in [-0.3, -0.25) is 9.89 Å². The lowest BCUT2D eigenvalue weighted by atomic mass is 10.1. The first kappa shape index (κ1) is 21.3. The number of aliphatic imine (C=N–C) groups is 1. The molecule has 0 bridgehead atoms. The van der Waals surface area contributed by atoms with Crippen LogP contribution in [0.5, 0.6) is 0 Å². The van der Waals surface area contributed by atoms with Crippen LogP contribution in [0.2, 0.25) is 0 Å². The Balaban J connectivity index is 1.73. The molecule has 152 valence electrons. The van der Waals surface area contributed by atoms with Crippen molar-refractivity contribution >= 4 is 11.6 Å². The summed E-state index contributed by atoms with van der Waals surface area (Å²) in [7, 11) is 1.75. The third kappa shape index (κ3) is 6.93. The van der Waals surface area contributed by atoms with Crippen LogP contribution in [0.3, 0.4) is 0 Å². The van der Waals surface area contributed by atoms with Crippen molar-refractivity contribution in [3.63, 3.8) is 0 Å². The Bertz CT molecular complexity index is 608. The molecule has 1 aliphatic rings. The molecule has 0 amide bonds. The van der Waals surface area contributed by atoms with Crippen LogP contribution in [0, 0.1) is 0 Å². The predicted molar refractivity (Wildman–Crippen MR) is 104 cm³/mol. The zero-order valence-electron chi connectivity index (χ0n) is 16.3. The molecule has 2 N–H and O–H groups in total. The second-order valence-electron chi connectivity index (χ2n) is 7.03. The number of halogens is 3. The first-order valence-electron chi connectivity index (χ1n) is 9.41. The van der Waals surface area contributed by atoms with Crippen LogP contribution < -0.4 is 15.5 Å². The van der Waals surface area contributed by atoms with Crippen molar-refractivity contribution in [1.29, 1.82) is 0 Å². The standard InChI is InChI=1S/C19H30F3N5/c1-15(2)25-18(23-3)24-8-5-9-26-10-12-27(13-11-26)17-7-4-6-16(14-17)19(20,21)22/h4,6-7,14-15H,5,8-13H2,1-3H3,(H2,23,24,25). The van der Waals surface area contributed by atoms with E-state index in [1.165, 1.54) is 12.1 Å². The topological polar surface area (TPSA) is 42.9 Å². The van der Waals surface area contributed by atoms with Crippen LogP contribution in [0.25, 0.3) is 0 Å². The molecule has 1 heterocycles. The van der Waals surface area contributed by atoms with Gasteiger partial charge in [0.05, 0.1) is 5.56 Å². The molecule has 2 rings (SSSR count). The average Bonchev–Trinajstić information content (AvgIpc) is 2.64. The summed E-state index contributed by atoms with van der Waals surface area (Å²) in [5.41, 5.74) is 0.0617. The Morgan fingerprint density at radius 1 is 1.19 bits per heavy atom. The van der Waals surface area contributed by atoms with Crippen LogP contribution in [-0.4, -0.2) is 63.2 Å². The van der Waals surface area contributed by atoms with E-state index < -0.39 is 11.7 Å². The summed E-state index contributed by atoms with van der Waals surface area (Å²) < 4.78 is 38.6. The molecule has 0 unspecified atom stereocenters. The van der Waals surface area contributed by atoms with Gasteiger partial charge < -0.3 is 15.5 Å². The van der Waals surface area contributed by atoms with E-state index in [1.807, 2.05) is 4.90 Å². The lowest BCUT2D eigenvalue weighted by molar-refractivity contribution is -0.137. The fourth-order valence-corrected chi connectivity index (χ4v) is 3.09. The largest absolute Gasteiger partial charge is 0.416 e. The van der Waals surface area contributed by atoms with Gasteiger partial charge in [-0.2, -0.15) is 13.2 Å². The minimum Gasteiger partial charge on any atom is -0.369 e. The minimum absolute atomic E-state index is 0.333. The third-order valence-electron chi connectivity index (χ3n) is 4.50. The third-order valence-corrected chi connectivity index (χ3v) is 4.50. The molecule has 1 saturated heterocycles. The fourth-order valence-electron chi connectivity index (χ4n) is 3.09. The lowest BCUT2D eigenvalue weighted by Crippen LogP contribution is -2.47. The van der Waals surface area contributed by atoms with Gasteiger partial charge in [0, 0.05) is 51.5 Å². The van der Waals surface area contributed by atoms with Gasteiger partial charge in [0.25, 0.3) is 0 Å². The second-order valence-corrected chi connectivity index (χ2v) is 7.03. The molecule has 5 nitrogen and oxygen atoms in total. The molecular formula is C19H30F3N5. The van der Waals surface area contributed by atoms with Crippen LogP contribution in [0.4, 0.5) is 18.9 Å². The van der Waals surface area contributed by atoms with Crippen LogP contribution >= 0.6 is 0 Å². The lowest BCUT2D eigenvalue weighted by Gasteiger charge is -2.36. The Morgan fingerprint density at radius 3 is 2.48 bits per heavy atom. The summed E-state index contributed by atoms with van der Waals surface area (Å²) in [6.45, 7) is 9.12. The maximum atomic E-state index is 12.9. The minimum atomic E-state index is -4.30. The SMILES string of the molecule is CN=C(NCCCN1CCN(c2cccc(C(F)(F)F)c2)CC1)NC(C)C. The summed E-state index contributed by atoms with van der Waals surface area (Å²) in [4.78, 5) is 8.55. The molecule has 1 aliphatic heterocycles. The number of piperazine rings is 1. The Morgan fingerprint density at radius 2 is 1.89 bits per heavy atom. The van der Waals surface area contributed by atoms with Gasteiger partial charge in [0.15, 0.2) is 5.96 Å². The molecule has 1 aromatic carbocycles. The van der Waals surface area contributed by atoms with E-state index in [1.54, 1.807) is 13.1 Å². The molecule has 0 aromatic heterocycles. The van der Waals surface area contributed by atoms with E-state index in [0.717, 1.165) is 57.7 Å². The van der Waals surface area contributed by atoms with Crippen LogP contribution in [0.15, 0.2) is 29.3 Å². The normalized spacial score (nSPS) is 16.7. The van der Waals surface area contributed by atoms with Gasteiger partial charge in [-0.15, -0.1) is 0 Å². The van der Waals surface area contributed by atoms with Crippen molar-refractivity contribution in [2.75, 3.05) is 51.2 Å².